The molecule has 0 bridgehead atoms. The third-order valence-corrected chi connectivity index (χ3v) is 19.1. The Morgan fingerprint density at radius 3 is 1.41 bits per heavy atom. The molecule has 0 unspecified atom stereocenters. The third-order valence-electron chi connectivity index (χ3n) is 19.1. The van der Waals surface area contributed by atoms with Gasteiger partial charge in [0.05, 0.1) is 50.5 Å². The fraction of sp³-hybridized carbons (Fsp3) is 0.329. The molecule has 0 aliphatic heterocycles. The minimum Gasteiger partial charge on any atom is -0.489 e. The van der Waals surface area contributed by atoms with Crippen LogP contribution in [-0.4, -0.2) is 78.1 Å². The SMILES string of the molecule is Cc1cc(COc2ccc(C[C@]3(C(N)=O)C[C@@H]3C(=O)NO)cc2F)c2ccccc2n1.Cc1cc(COc2cccc([C@@]3(C(=O)NC(C)C)C[C@H]3C(=O)NO)c2)c2ccccc2n1.Cc1cc(COc2cccc([C@@]3(C(=O)NC4CCCCC4)C[C@H]3C(=O)NO)c2)c2ccccc2n1. The summed E-state index contributed by atoms with van der Waals surface area (Å²) in [6.07, 6.45) is 6.32. The van der Waals surface area contributed by atoms with Gasteiger partial charge in [-0.25, -0.2) is 20.8 Å². The molecule has 4 saturated carbocycles. The number of amides is 6. The second kappa shape index (κ2) is 29.5. The minimum atomic E-state index is -1.12. The molecule has 6 amide bonds. The second-order valence-corrected chi connectivity index (χ2v) is 26.3. The van der Waals surface area contributed by atoms with Crippen LogP contribution in [0.15, 0.2) is 158 Å². The highest BCUT2D eigenvalue weighted by molar-refractivity contribution is 6.02. The molecule has 4 aliphatic rings. The molecule has 22 heteroatoms. The van der Waals surface area contributed by atoms with Crippen molar-refractivity contribution in [3.8, 4) is 17.2 Å². The maximum Gasteiger partial charge on any atom is 0.247 e. The predicted molar refractivity (Wildman–Crippen MR) is 363 cm³/mol. The number of carbonyl (C=O) groups excluding carboxylic acids is 6. The number of halogens is 1. The number of hydrogen-bond acceptors (Lipinski definition) is 15. The first-order chi connectivity index (χ1) is 47.2. The number of nitrogens with two attached hydrogens (primary N) is 1. The number of aryl methyl sites for hydroxylation is 3. The number of benzene rings is 6. The Morgan fingerprint density at radius 2 is 0.969 bits per heavy atom. The molecule has 98 heavy (non-hydrogen) atoms. The summed E-state index contributed by atoms with van der Waals surface area (Å²) in [5.41, 5.74) is 17.6. The van der Waals surface area contributed by atoms with Gasteiger partial charge in [-0.3, -0.25) is 59.3 Å². The average Bonchev–Trinajstić information content (AvgIpc) is 1.57. The second-order valence-electron chi connectivity index (χ2n) is 26.3. The molecule has 9 aromatic rings. The van der Waals surface area contributed by atoms with Crippen molar-refractivity contribution in [2.45, 2.75) is 135 Å². The lowest BCUT2D eigenvalue weighted by Crippen LogP contribution is -2.44. The Labute approximate surface area is 566 Å². The number of nitrogens with zero attached hydrogens (tertiary/aromatic N) is 3. The van der Waals surface area contributed by atoms with Gasteiger partial charge in [0.25, 0.3) is 0 Å². The van der Waals surface area contributed by atoms with Crippen LogP contribution in [0.1, 0.15) is 116 Å². The van der Waals surface area contributed by atoms with E-state index in [4.69, 9.17) is 30.4 Å². The summed E-state index contributed by atoms with van der Waals surface area (Å²) in [5, 5.41) is 36.3. The van der Waals surface area contributed by atoms with Crippen molar-refractivity contribution in [1.82, 2.24) is 42.0 Å². The molecule has 4 aliphatic carbocycles. The zero-order chi connectivity index (χ0) is 69.5. The number of pyridine rings is 3. The molecule has 6 aromatic carbocycles. The molecule has 13 rings (SSSR count). The number of hydroxylamine groups is 3. The van der Waals surface area contributed by atoms with Crippen LogP contribution in [0.25, 0.3) is 32.7 Å². The fourth-order valence-electron chi connectivity index (χ4n) is 13.8. The highest BCUT2D eigenvalue weighted by Crippen LogP contribution is 2.57. The number of aromatic nitrogens is 3. The highest BCUT2D eigenvalue weighted by Gasteiger charge is 2.66. The van der Waals surface area contributed by atoms with Crippen molar-refractivity contribution in [3.63, 3.8) is 0 Å². The van der Waals surface area contributed by atoms with Gasteiger partial charge < -0.3 is 30.6 Å². The van der Waals surface area contributed by atoms with Gasteiger partial charge in [0.2, 0.25) is 35.4 Å². The van der Waals surface area contributed by atoms with E-state index in [2.05, 4.69) is 25.6 Å². The van der Waals surface area contributed by atoms with Gasteiger partial charge in [0, 0.05) is 62.0 Å². The molecular weight excluding hydrogens is 1250 g/mol. The van der Waals surface area contributed by atoms with Crippen molar-refractivity contribution in [2.75, 3.05) is 0 Å². The highest BCUT2D eigenvalue weighted by atomic mass is 19.1. The topological polar surface area (TPSA) is 316 Å². The smallest absolute Gasteiger partial charge is 0.247 e. The predicted octanol–water partition coefficient (Wildman–Crippen LogP) is 10.5. The zero-order valence-corrected chi connectivity index (χ0v) is 55.2. The first kappa shape index (κ1) is 68.9. The van der Waals surface area contributed by atoms with E-state index in [1.165, 1.54) is 18.6 Å². The first-order valence-electron chi connectivity index (χ1n) is 32.9. The molecule has 6 atom stereocenters. The lowest BCUT2D eigenvalue weighted by Gasteiger charge is -2.26. The Morgan fingerprint density at radius 1 is 0.531 bits per heavy atom. The summed E-state index contributed by atoms with van der Waals surface area (Å²) >= 11 is 0. The number of nitrogens with one attached hydrogen (secondary N) is 5. The van der Waals surface area contributed by atoms with E-state index in [-0.39, 0.29) is 49.1 Å². The number of fused-ring (bicyclic) bond motifs is 3. The molecular formula is C76H80FN9O12. The molecule has 0 saturated heterocycles. The number of rotatable bonds is 21. The lowest BCUT2D eigenvalue weighted by molar-refractivity contribution is -0.134. The van der Waals surface area contributed by atoms with Gasteiger partial charge in [-0.05, 0) is 163 Å². The maximum absolute atomic E-state index is 14.7. The van der Waals surface area contributed by atoms with Crippen LogP contribution < -0.4 is 47.0 Å². The van der Waals surface area contributed by atoms with E-state index in [0.29, 0.717) is 48.7 Å². The number of hydrogen-bond donors (Lipinski definition) is 9. The molecule has 0 radical (unpaired) electrons. The van der Waals surface area contributed by atoms with Crippen molar-refractivity contribution in [2.24, 2.45) is 28.9 Å². The van der Waals surface area contributed by atoms with E-state index < -0.39 is 63.4 Å². The number of carbonyl (C=O) groups is 6. The normalized spacial score (nSPS) is 20.5. The average molecular weight is 1330 g/mol. The Balaban J connectivity index is 0.000000149. The molecule has 10 N–H and O–H groups in total. The molecule has 0 spiro atoms. The summed E-state index contributed by atoms with van der Waals surface area (Å²) in [4.78, 5) is 88.2. The van der Waals surface area contributed by atoms with E-state index >= 15 is 0 Å². The summed E-state index contributed by atoms with van der Waals surface area (Å²) in [5.74, 6) is -4.02. The summed E-state index contributed by atoms with van der Waals surface area (Å²) in [6, 6.07) is 48.7. The quantitative estimate of drug-likeness (QED) is 0.0239. The van der Waals surface area contributed by atoms with Gasteiger partial charge in [-0.2, -0.15) is 0 Å². The largest absolute Gasteiger partial charge is 0.489 e. The Hall–Kier alpha value is -10.4. The van der Waals surface area contributed by atoms with Crippen LogP contribution in [0, 0.1) is 49.8 Å². The molecule has 21 nitrogen and oxygen atoms in total. The van der Waals surface area contributed by atoms with Crippen molar-refractivity contribution in [1.29, 1.82) is 0 Å². The first-order valence-corrected chi connectivity index (χ1v) is 32.9. The van der Waals surface area contributed by atoms with Crippen LogP contribution in [-0.2, 0) is 65.8 Å². The molecule has 3 aromatic heterocycles. The fourth-order valence-corrected chi connectivity index (χ4v) is 13.8. The zero-order valence-electron chi connectivity index (χ0n) is 55.2. The van der Waals surface area contributed by atoms with Gasteiger partial charge in [-0.1, -0.05) is 104 Å². The van der Waals surface area contributed by atoms with Gasteiger partial charge >= 0.3 is 0 Å². The molecule has 4 fully saturated rings. The number of primary amides is 1. The van der Waals surface area contributed by atoms with Crippen LogP contribution >= 0.6 is 0 Å². The van der Waals surface area contributed by atoms with Crippen LogP contribution in [0.5, 0.6) is 17.2 Å². The van der Waals surface area contributed by atoms with Crippen LogP contribution in [0.3, 0.4) is 0 Å². The van der Waals surface area contributed by atoms with Crippen LogP contribution in [0.2, 0.25) is 0 Å². The van der Waals surface area contributed by atoms with Gasteiger partial charge in [0.15, 0.2) is 11.6 Å². The van der Waals surface area contributed by atoms with Crippen molar-refractivity contribution in [3.05, 3.63) is 214 Å². The third kappa shape index (κ3) is 14.9. The molecule has 3 heterocycles. The van der Waals surface area contributed by atoms with Crippen molar-refractivity contribution < 1.29 is 63.0 Å². The Kier molecular flexibility index (Phi) is 20.8. The van der Waals surface area contributed by atoms with Crippen LogP contribution in [0.4, 0.5) is 4.39 Å². The van der Waals surface area contributed by atoms with Gasteiger partial charge in [0.1, 0.15) is 31.3 Å². The van der Waals surface area contributed by atoms with Gasteiger partial charge in [-0.15, -0.1) is 0 Å². The maximum atomic E-state index is 14.7. The lowest BCUT2D eigenvalue weighted by atomic mass is 9.89. The minimum absolute atomic E-state index is 0.0690. The standard InChI is InChI=1S/C28H31N3O4.C25H27N3O4.C23H22FN3O4/c1-18-14-19(23-12-5-6-13-25(23)29-18)17-35-22-11-7-8-20(15-22)28(16-24(28)26(32)31-34)27(33)30-21-9-3-2-4-10-21;1-15(2)26-24(30)25(13-21(25)23(29)28-31)18-7-6-8-19(12-18)32-14-17-11-16(3)27-22-10-5-4-9-20(17)22;1-13-8-15(16-4-2-3-5-19(16)26-13)12-31-20-7-6-14(9-18(20)24)10-23(22(25)29)11-17(23)21(28)27-30/h5-8,11-15,21,24,34H,2-4,9-10,16-17H2,1H3,(H,30,33)(H,31,32);4-12,15,21,31H,13-14H2,1-3H3,(H,26,30)(H,28,29);2-9,17,30H,10-12H2,1H3,(H2,25,29)(H,27,28)/t24-,28-;21-,25-;17-,23+/m001/s1. The summed E-state index contributed by atoms with van der Waals surface area (Å²) < 4.78 is 32.7. The molecule has 508 valence electrons. The monoisotopic (exact) mass is 1330 g/mol. The Bertz CT molecular complexity index is 4510. The van der Waals surface area contributed by atoms with E-state index in [9.17, 15) is 38.4 Å². The van der Waals surface area contributed by atoms with Crippen molar-refractivity contribution >= 4 is 68.2 Å². The summed E-state index contributed by atoms with van der Waals surface area (Å²) in [7, 11) is 0. The van der Waals surface area contributed by atoms with E-state index in [1.807, 2.05) is 168 Å². The number of para-hydroxylation sites is 3. The summed E-state index contributed by atoms with van der Waals surface area (Å²) in [6.45, 7) is 10.4. The van der Waals surface area contributed by atoms with E-state index in [0.717, 1.165) is 97.7 Å². The number of ether oxygens (including phenoxy) is 3. The van der Waals surface area contributed by atoms with E-state index in [1.54, 1.807) is 28.6 Å².